The molecule has 1 aliphatic rings. The van der Waals surface area contributed by atoms with E-state index in [1.54, 1.807) is 0 Å². The molecule has 0 saturated heterocycles. The molecule has 0 bridgehead atoms. The second kappa shape index (κ2) is 8.87. The number of amides is 2. The number of carboxylic acids is 1. The molecule has 0 aromatic heterocycles. The molecule has 0 atom stereocenters. The predicted octanol–water partition coefficient (Wildman–Crippen LogP) is 2.14. The Labute approximate surface area is 126 Å². The normalized spacial score (nSPS) is 16.3. The molecule has 2 amide bonds. The zero-order valence-corrected chi connectivity index (χ0v) is 13.1. The van der Waals surface area contributed by atoms with E-state index >= 15 is 0 Å². The average molecular weight is 300 g/mol. The molecule has 0 unspecified atom stereocenters. The third-order valence-corrected chi connectivity index (χ3v) is 3.87. The predicted molar refractivity (Wildman–Crippen MR) is 80.3 cm³/mol. The van der Waals surface area contributed by atoms with Gasteiger partial charge in [-0.3, -0.25) is 4.79 Å². The second-order valence-corrected chi connectivity index (χ2v) is 6.16. The number of ether oxygens (including phenoxy) is 1. The highest BCUT2D eigenvalue weighted by atomic mass is 16.5. The summed E-state index contributed by atoms with van der Waals surface area (Å²) < 4.78 is 5.42. The maximum atomic E-state index is 11.7. The van der Waals surface area contributed by atoms with E-state index in [1.165, 1.54) is 0 Å². The minimum absolute atomic E-state index is 0.139. The van der Waals surface area contributed by atoms with Gasteiger partial charge in [0.2, 0.25) is 0 Å². The highest BCUT2D eigenvalue weighted by Gasteiger charge is 2.39. The van der Waals surface area contributed by atoms with E-state index in [-0.39, 0.29) is 24.0 Å². The molecule has 0 radical (unpaired) electrons. The average Bonchev–Trinajstić information content (AvgIpc) is 2.36. The highest BCUT2D eigenvalue weighted by molar-refractivity contribution is 5.74. The summed E-state index contributed by atoms with van der Waals surface area (Å²) >= 11 is 0. The van der Waals surface area contributed by atoms with Crippen LogP contribution in [-0.4, -0.2) is 42.9 Å². The molecule has 0 aromatic carbocycles. The Balaban J connectivity index is 2.07. The molecule has 6 heteroatoms. The third-order valence-electron chi connectivity index (χ3n) is 3.87. The van der Waals surface area contributed by atoms with Crippen molar-refractivity contribution in [2.75, 3.05) is 19.7 Å². The monoisotopic (exact) mass is 300 g/mol. The van der Waals surface area contributed by atoms with Crippen LogP contribution < -0.4 is 10.6 Å². The van der Waals surface area contributed by atoms with E-state index in [0.29, 0.717) is 19.7 Å². The van der Waals surface area contributed by atoms with Crippen LogP contribution >= 0.6 is 0 Å². The summed E-state index contributed by atoms with van der Waals surface area (Å²) in [6, 6.07) is -0.212. The summed E-state index contributed by atoms with van der Waals surface area (Å²) in [5.74, 6) is -0.790. The smallest absolute Gasteiger partial charge is 0.314 e. The molecule has 6 nitrogen and oxygen atoms in total. The first-order chi connectivity index (χ1) is 9.93. The van der Waals surface area contributed by atoms with Crippen LogP contribution in [0.2, 0.25) is 0 Å². The largest absolute Gasteiger partial charge is 0.481 e. The molecule has 1 fully saturated rings. The first-order valence-corrected chi connectivity index (χ1v) is 7.79. The Morgan fingerprint density at radius 3 is 2.48 bits per heavy atom. The van der Waals surface area contributed by atoms with Crippen molar-refractivity contribution in [3.8, 4) is 0 Å². The maximum absolute atomic E-state index is 11.7. The molecule has 0 spiro atoms. The molecule has 0 heterocycles. The lowest BCUT2D eigenvalue weighted by molar-refractivity contribution is -0.141. The van der Waals surface area contributed by atoms with Gasteiger partial charge < -0.3 is 20.5 Å². The number of unbranched alkanes of at least 4 members (excludes halogenated alkanes) is 1. The topological polar surface area (TPSA) is 87.7 Å². The van der Waals surface area contributed by atoms with E-state index in [0.717, 1.165) is 32.1 Å². The number of carbonyl (C=O) groups excluding carboxylic acids is 1. The maximum Gasteiger partial charge on any atom is 0.314 e. The first kappa shape index (κ1) is 17.8. The van der Waals surface area contributed by atoms with E-state index in [9.17, 15) is 9.59 Å². The molecule has 21 heavy (non-hydrogen) atoms. The Kier molecular flexibility index (Phi) is 7.50. The van der Waals surface area contributed by atoms with Gasteiger partial charge in [-0.15, -0.1) is 0 Å². The first-order valence-electron chi connectivity index (χ1n) is 7.79. The fourth-order valence-electron chi connectivity index (χ4n) is 2.49. The van der Waals surface area contributed by atoms with Gasteiger partial charge in [-0.05, 0) is 44.9 Å². The number of urea groups is 1. The molecule has 1 rings (SSSR count). The summed E-state index contributed by atoms with van der Waals surface area (Å²) in [5.41, 5.74) is -0.228. The van der Waals surface area contributed by atoms with Gasteiger partial charge in [0.1, 0.15) is 0 Å². The molecule has 0 aromatic rings. The van der Waals surface area contributed by atoms with Gasteiger partial charge in [-0.25, -0.2) is 4.79 Å². The van der Waals surface area contributed by atoms with Gasteiger partial charge in [0.25, 0.3) is 0 Å². The summed E-state index contributed by atoms with van der Waals surface area (Å²) in [7, 11) is 0. The van der Waals surface area contributed by atoms with Crippen molar-refractivity contribution < 1.29 is 19.4 Å². The molecule has 1 saturated carbocycles. The van der Waals surface area contributed by atoms with Gasteiger partial charge >= 0.3 is 12.0 Å². The van der Waals surface area contributed by atoms with Crippen LogP contribution in [0.5, 0.6) is 0 Å². The zero-order chi connectivity index (χ0) is 15.7. The van der Waals surface area contributed by atoms with Gasteiger partial charge in [0, 0.05) is 19.7 Å². The molecular weight excluding hydrogens is 272 g/mol. The summed E-state index contributed by atoms with van der Waals surface area (Å²) in [6.07, 6.45) is 4.99. The minimum atomic E-state index is -0.790. The van der Waals surface area contributed by atoms with E-state index in [1.807, 2.05) is 13.8 Å². The lowest BCUT2D eigenvalue weighted by Gasteiger charge is -2.40. The van der Waals surface area contributed by atoms with Crippen molar-refractivity contribution in [1.29, 1.82) is 0 Å². The van der Waals surface area contributed by atoms with Gasteiger partial charge in [-0.1, -0.05) is 6.42 Å². The van der Waals surface area contributed by atoms with Crippen LogP contribution in [0.25, 0.3) is 0 Å². The fourth-order valence-corrected chi connectivity index (χ4v) is 2.49. The fraction of sp³-hybridized carbons (Fsp3) is 0.867. The molecular formula is C15H28N2O4. The lowest BCUT2D eigenvalue weighted by atomic mass is 9.66. The standard InChI is InChI=1S/C15H28N2O4/c1-12(2)21-9-4-3-8-16-14(20)17-11-15(6-5-7-15)10-13(18)19/h12H,3-11H2,1-2H3,(H,18,19)(H2,16,17,20). The van der Waals surface area contributed by atoms with Crippen molar-refractivity contribution in [3.63, 3.8) is 0 Å². The Morgan fingerprint density at radius 2 is 1.95 bits per heavy atom. The number of nitrogens with one attached hydrogen (secondary N) is 2. The zero-order valence-electron chi connectivity index (χ0n) is 13.1. The number of aliphatic carboxylic acids is 1. The Morgan fingerprint density at radius 1 is 1.24 bits per heavy atom. The number of hydrogen-bond acceptors (Lipinski definition) is 3. The van der Waals surface area contributed by atoms with Crippen molar-refractivity contribution >= 4 is 12.0 Å². The number of carboxylic acid groups (broad SMARTS) is 1. The van der Waals surface area contributed by atoms with Gasteiger partial charge in [0.15, 0.2) is 0 Å². The van der Waals surface area contributed by atoms with Crippen molar-refractivity contribution in [1.82, 2.24) is 10.6 Å². The molecule has 122 valence electrons. The summed E-state index contributed by atoms with van der Waals surface area (Å²) in [4.78, 5) is 22.5. The summed E-state index contributed by atoms with van der Waals surface area (Å²) in [5, 5.41) is 14.5. The van der Waals surface area contributed by atoms with E-state index in [2.05, 4.69) is 10.6 Å². The third kappa shape index (κ3) is 7.32. The van der Waals surface area contributed by atoms with Gasteiger partial charge in [0.05, 0.1) is 12.5 Å². The quantitative estimate of drug-likeness (QED) is 0.539. The van der Waals surface area contributed by atoms with Crippen LogP contribution in [0.15, 0.2) is 0 Å². The van der Waals surface area contributed by atoms with Crippen molar-refractivity contribution in [3.05, 3.63) is 0 Å². The number of hydrogen-bond donors (Lipinski definition) is 3. The van der Waals surface area contributed by atoms with Crippen LogP contribution in [0.1, 0.15) is 52.4 Å². The van der Waals surface area contributed by atoms with Crippen LogP contribution in [0.4, 0.5) is 4.79 Å². The SMILES string of the molecule is CC(C)OCCCCNC(=O)NCC1(CC(=O)O)CCC1. The lowest BCUT2D eigenvalue weighted by Crippen LogP contribution is -2.46. The molecule has 0 aliphatic heterocycles. The van der Waals surface area contributed by atoms with E-state index in [4.69, 9.17) is 9.84 Å². The van der Waals surface area contributed by atoms with E-state index < -0.39 is 5.97 Å². The Bertz CT molecular complexity index is 341. The van der Waals surface area contributed by atoms with Crippen molar-refractivity contribution in [2.45, 2.75) is 58.5 Å². The minimum Gasteiger partial charge on any atom is -0.481 e. The van der Waals surface area contributed by atoms with Crippen LogP contribution in [0, 0.1) is 5.41 Å². The summed E-state index contributed by atoms with van der Waals surface area (Å²) in [6.45, 7) is 5.77. The Hall–Kier alpha value is -1.30. The highest BCUT2D eigenvalue weighted by Crippen LogP contribution is 2.43. The van der Waals surface area contributed by atoms with Crippen molar-refractivity contribution in [2.24, 2.45) is 5.41 Å². The number of rotatable bonds is 10. The van der Waals surface area contributed by atoms with Gasteiger partial charge in [-0.2, -0.15) is 0 Å². The van der Waals surface area contributed by atoms with Crippen LogP contribution in [-0.2, 0) is 9.53 Å². The number of carbonyl (C=O) groups is 2. The van der Waals surface area contributed by atoms with Crippen LogP contribution in [0.3, 0.4) is 0 Å². The second-order valence-electron chi connectivity index (χ2n) is 6.16. The molecule has 3 N–H and O–H groups in total. The molecule has 1 aliphatic carbocycles.